The molecule has 1 aliphatic rings. The molecule has 0 radical (unpaired) electrons. The van der Waals surface area contributed by atoms with Gasteiger partial charge >= 0.3 is 12.3 Å². The first-order valence-corrected chi connectivity index (χ1v) is 12.1. The van der Waals surface area contributed by atoms with Gasteiger partial charge < -0.3 is 4.74 Å². The summed E-state index contributed by atoms with van der Waals surface area (Å²) in [6.45, 7) is 2.06. The highest BCUT2D eigenvalue weighted by atomic mass is 35.5. The third kappa shape index (κ3) is 7.28. The van der Waals surface area contributed by atoms with E-state index in [0.717, 1.165) is 62.1 Å². The van der Waals surface area contributed by atoms with Crippen LogP contribution < -0.4 is 4.74 Å². The zero-order valence-electron chi connectivity index (χ0n) is 19.3. The first-order valence-electron chi connectivity index (χ1n) is 11.7. The van der Waals surface area contributed by atoms with Gasteiger partial charge in [-0.15, -0.1) is 0 Å². The molecule has 2 aromatic rings. The van der Waals surface area contributed by atoms with Crippen molar-refractivity contribution in [2.24, 2.45) is 5.92 Å². The monoisotopic (exact) mass is 524 g/mol. The summed E-state index contributed by atoms with van der Waals surface area (Å²) in [6, 6.07) is 9.33. The SMILES string of the molecule is CCCc1ccc(C2CCC(CCc3ccc(OC(F)(F)C(F)C(F)(F)F)c(Cl)c3)CC2)c(F)c1. The first-order chi connectivity index (χ1) is 16.4. The maximum atomic E-state index is 14.6. The molecule has 1 fully saturated rings. The van der Waals surface area contributed by atoms with Crippen LogP contribution in [0, 0.1) is 11.7 Å². The van der Waals surface area contributed by atoms with Gasteiger partial charge in [0.15, 0.2) is 0 Å². The number of hydrogen-bond acceptors (Lipinski definition) is 1. The molecule has 0 bridgehead atoms. The molecule has 9 heteroatoms. The maximum Gasteiger partial charge on any atom is 0.439 e. The Morgan fingerprint density at radius 1 is 0.943 bits per heavy atom. The number of benzene rings is 2. The summed E-state index contributed by atoms with van der Waals surface area (Å²) >= 11 is 5.91. The topological polar surface area (TPSA) is 9.23 Å². The van der Waals surface area contributed by atoms with Gasteiger partial charge in [-0.05, 0) is 91.7 Å². The van der Waals surface area contributed by atoms with Crippen molar-refractivity contribution < 1.29 is 35.5 Å². The Morgan fingerprint density at radius 3 is 2.14 bits per heavy atom. The molecular formula is C26H28ClF7O. The van der Waals surface area contributed by atoms with E-state index in [2.05, 4.69) is 11.7 Å². The van der Waals surface area contributed by atoms with Gasteiger partial charge in [0.2, 0.25) is 0 Å². The van der Waals surface area contributed by atoms with Crippen molar-refractivity contribution in [1.82, 2.24) is 0 Å². The van der Waals surface area contributed by atoms with E-state index < -0.39 is 24.2 Å². The van der Waals surface area contributed by atoms with E-state index in [1.807, 2.05) is 12.1 Å². The van der Waals surface area contributed by atoms with E-state index in [1.165, 1.54) is 12.1 Å². The molecule has 0 aliphatic heterocycles. The number of aryl methyl sites for hydroxylation is 2. The van der Waals surface area contributed by atoms with Crippen LogP contribution in [0.2, 0.25) is 5.02 Å². The van der Waals surface area contributed by atoms with Crippen LogP contribution in [0.3, 0.4) is 0 Å². The number of hydrogen-bond donors (Lipinski definition) is 0. The molecule has 2 aromatic carbocycles. The van der Waals surface area contributed by atoms with Crippen molar-refractivity contribution in [2.75, 3.05) is 0 Å². The fourth-order valence-corrected chi connectivity index (χ4v) is 4.89. The quantitative estimate of drug-likeness (QED) is 0.297. The molecule has 0 aromatic heterocycles. The fraction of sp³-hybridized carbons (Fsp3) is 0.538. The second kappa shape index (κ2) is 11.4. The predicted octanol–water partition coefficient (Wildman–Crippen LogP) is 9.21. The van der Waals surface area contributed by atoms with Gasteiger partial charge in [0.25, 0.3) is 6.17 Å². The molecule has 0 spiro atoms. The lowest BCUT2D eigenvalue weighted by Crippen LogP contribution is -2.45. The number of alkyl halides is 6. The number of rotatable bonds is 9. The Hall–Kier alpha value is -1.96. The highest BCUT2D eigenvalue weighted by Gasteiger charge is 2.59. The van der Waals surface area contributed by atoms with E-state index in [-0.39, 0.29) is 16.8 Å². The Bertz CT molecular complexity index is 984. The molecule has 0 N–H and O–H groups in total. The van der Waals surface area contributed by atoms with Gasteiger partial charge in [-0.25, -0.2) is 8.78 Å². The van der Waals surface area contributed by atoms with Crippen LogP contribution in [-0.2, 0) is 12.8 Å². The Balaban J connectivity index is 1.52. The van der Waals surface area contributed by atoms with Gasteiger partial charge in [-0.1, -0.05) is 43.1 Å². The summed E-state index contributed by atoms with van der Waals surface area (Å²) in [4.78, 5) is 0. The van der Waals surface area contributed by atoms with Gasteiger partial charge in [0, 0.05) is 0 Å². The summed E-state index contributed by atoms with van der Waals surface area (Å²) in [5.41, 5.74) is 2.48. The van der Waals surface area contributed by atoms with Crippen LogP contribution in [0.1, 0.15) is 68.1 Å². The second-order valence-corrected chi connectivity index (χ2v) is 9.60. The highest BCUT2D eigenvalue weighted by Crippen LogP contribution is 2.40. The van der Waals surface area contributed by atoms with Crippen LogP contribution >= 0.6 is 11.6 Å². The molecule has 0 saturated heterocycles. The Kier molecular flexibility index (Phi) is 9.00. The van der Waals surface area contributed by atoms with Gasteiger partial charge in [0.1, 0.15) is 11.6 Å². The summed E-state index contributed by atoms with van der Waals surface area (Å²) in [5.74, 6) is -0.270. The van der Waals surface area contributed by atoms with Crippen LogP contribution in [-0.4, -0.2) is 18.5 Å². The predicted molar refractivity (Wildman–Crippen MR) is 121 cm³/mol. The standard InChI is InChI=1S/C26H28ClF7O/c1-2-3-17-8-12-20(22(28)15-17)19-10-6-16(7-11-19)4-5-18-9-13-23(21(27)14-18)35-26(33,34)24(29)25(30,31)32/h8-9,12-16,19,24H,2-7,10-11H2,1H3. The summed E-state index contributed by atoms with van der Waals surface area (Å²) in [5, 5.41) is -0.317. The minimum absolute atomic E-state index is 0.142. The molecule has 1 nitrogen and oxygen atoms in total. The molecule has 0 heterocycles. The first kappa shape index (κ1) is 27.6. The lowest BCUT2D eigenvalue weighted by Gasteiger charge is -2.29. The molecule has 194 valence electrons. The zero-order valence-corrected chi connectivity index (χ0v) is 20.0. The van der Waals surface area contributed by atoms with Crippen LogP contribution in [0.15, 0.2) is 36.4 Å². The van der Waals surface area contributed by atoms with Crippen molar-refractivity contribution in [3.8, 4) is 5.75 Å². The van der Waals surface area contributed by atoms with Gasteiger partial charge in [-0.3, -0.25) is 0 Å². The van der Waals surface area contributed by atoms with Crippen molar-refractivity contribution in [2.45, 2.75) is 82.7 Å². The summed E-state index contributed by atoms with van der Waals surface area (Å²) < 4.78 is 95.4. The zero-order chi connectivity index (χ0) is 25.8. The second-order valence-electron chi connectivity index (χ2n) is 9.19. The highest BCUT2D eigenvalue weighted by molar-refractivity contribution is 6.32. The maximum absolute atomic E-state index is 14.6. The average molecular weight is 525 g/mol. The van der Waals surface area contributed by atoms with E-state index in [1.54, 1.807) is 6.07 Å². The molecule has 1 unspecified atom stereocenters. The van der Waals surface area contributed by atoms with Crippen LogP contribution in [0.25, 0.3) is 0 Å². The van der Waals surface area contributed by atoms with Crippen molar-refractivity contribution in [3.05, 3.63) is 63.9 Å². The Morgan fingerprint density at radius 2 is 1.57 bits per heavy atom. The lowest BCUT2D eigenvalue weighted by atomic mass is 9.76. The number of halogens is 8. The minimum Gasteiger partial charge on any atom is -0.429 e. The normalized spacial score (nSPS) is 20.0. The molecule has 1 atom stereocenters. The molecule has 3 rings (SSSR count). The summed E-state index contributed by atoms with van der Waals surface area (Å²) in [6.07, 6.45) is -8.52. The average Bonchev–Trinajstić information content (AvgIpc) is 2.79. The molecule has 1 aliphatic carbocycles. The largest absolute Gasteiger partial charge is 0.439 e. The molecule has 1 saturated carbocycles. The van der Waals surface area contributed by atoms with Crippen LogP contribution in [0.5, 0.6) is 5.75 Å². The van der Waals surface area contributed by atoms with Crippen molar-refractivity contribution in [3.63, 3.8) is 0 Å². The Labute approximate surface area is 205 Å². The van der Waals surface area contributed by atoms with Crippen LogP contribution in [0.4, 0.5) is 30.7 Å². The fourth-order valence-electron chi connectivity index (χ4n) is 4.65. The van der Waals surface area contributed by atoms with Gasteiger partial charge in [-0.2, -0.15) is 22.0 Å². The van der Waals surface area contributed by atoms with Crippen molar-refractivity contribution >= 4 is 11.6 Å². The molecule has 0 amide bonds. The van der Waals surface area contributed by atoms with Gasteiger partial charge in [0.05, 0.1) is 5.02 Å². The molecular weight excluding hydrogens is 497 g/mol. The van der Waals surface area contributed by atoms with E-state index in [9.17, 15) is 30.7 Å². The van der Waals surface area contributed by atoms with Crippen molar-refractivity contribution in [1.29, 1.82) is 0 Å². The third-order valence-corrected chi connectivity index (χ3v) is 6.85. The third-order valence-electron chi connectivity index (χ3n) is 6.56. The van der Waals surface area contributed by atoms with E-state index in [4.69, 9.17) is 11.6 Å². The number of ether oxygens (including phenoxy) is 1. The minimum atomic E-state index is -5.76. The summed E-state index contributed by atoms with van der Waals surface area (Å²) in [7, 11) is 0. The smallest absolute Gasteiger partial charge is 0.429 e. The van der Waals surface area contributed by atoms with E-state index in [0.29, 0.717) is 17.9 Å². The molecule has 35 heavy (non-hydrogen) atoms. The lowest BCUT2D eigenvalue weighted by molar-refractivity contribution is -0.304. The van der Waals surface area contributed by atoms with E-state index >= 15 is 0 Å².